The minimum atomic E-state index is -1.12. The van der Waals surface area contributed by atoms with E-state index in [2.05, 4.69) is 36.4 Å². The summed E-state index contributed by atoms with van der Waals surface area (Å²) in [6, 6.07) is -2.81. The number of ketones is 1. The highest BCUT2D eigenvalue weighted by molar-refractivity contribution is 6.38. The molecule has 12 heteroatoms. The highest BCUT2D eigenvalue weighted by Crippen LogP contribution is 2.65. The van der Waals surface area contributed by atoms with Gasteiger partial charge < -0.3 is 30.5 Å². The molecule has 0 aromatic heterocycles. The molecule has 4 fully saturated rings. The molecular formula is C33H51N5O7. The van der Waals surface area contributed by atoms with E-state index in [1.165, 1.54) is 0 Å². The second-order valence-electron chi connectivity index (χ2n) is 14.6. The monoisotopic (exact) mass is 629 g/mol. The first-order valence-electron chi connectivity index (χ1n) is 16.5. The van der Waals surface area contributed by atoms with Crippen molar-refractivity contribution in [2.24, 2.45) is 23.2 Å². The van der Waals surface area contributed by atoms with Crippen LogP contribution < -0.4 is 16.0 Å². The third-order valence-electron chi connectivity index (χ3n) is 9.76. The van der Waals surface area contributed by atoms with Gasteiger partial charge in [0, 0.05) is 32.6 Å². The number of amides is 5. The Balaban J connectivity index is 1.49. The van der Waals surface area contributed by atoms with Crippen molar-refractivity contribution in [2.75, 3.05) is 26.2 Å². The van der Waals surface area contributed by atoms with Crippen molar-refractivity contribution < 1.29 is 33.5 Å². The molecule has 2 saturated carbocycles. The fraction of sp³-hybridized carbons (Fsp3) is 0.758. The molecule has 4 aliphatic rings. The largest absolute Gasteiger partial charge is 0.444 e. The standard InChI is InChI=1S/C33H51N5O7/c1-7-8-14-22(27(40)29(42)34-16-15-23(39)37-17-18-37)35-28(41)26-24-21(33(24,5)6)19-38(26)30(43)25(20-12-10-9-11-13-20)36-31(44)45-32(2,3)4/h7,20-22,24-26H,1,8-19H2,2-6H3,(H,34,42)(H,35,41)(H,36,44)/t21?,22-,24?,25-,26-/m0/s1. The van der Waals surface area contributed by atoms with Crippen LogP contribution in [0.4, 0.5) is 4.79 Å². The number of rotatable bonds is 13. The van der Waals surface area contributed by atoms with Gasteiger partial charge in [-0.1, -0.05) is 39.2 Å². The molecule has 2 saturated heterocycles. The van der Waals surface area contributed by atoms with E-state index in [9.17, 15) is 28.8 Å². The van der Waals surface area contributed by atoms with Gasteiger partial charge in [-0.05, 0) is 69.6 Å². The van der Waals surface area contributed by atoms with Crippen LogP contribution >= 0.6 is 0 Å². The van der Waals surface area contributed by atoms with Crippen molar-refractivity contribution in [3.8, 4) is 0 Å². The number of nitrogens with zero attached hydrogens (tertiary/aromatic N) is 2. The molecule has 0 aromatic rings. The highest BCUT2D eigenvalue weighted by atomic mass is 16.6. The zero-order chi connectivity index (χ0) is 33.1. The van der Waals surface area contributed by atoms with Crippen molar-refractivity contribution >= 4 is 35.5 Å². The normalized spacial score (nSPS) is 24.9. The van der Waals surface area contributed by atoms with Gasteiger partial charge in [0.15, 0.2) is 0 Å². The number of hydrogen-bond donors (Lipinski definition) is 3. The van der Waals surface area contributed by atoms with Gasteiger partial charge in [0.1, 0.15) is 17.7 Å². The number of piperidine rings is 1. The molecule has 5 atom stereocenters. The first-order valence-corrected chi connectivity index (χ1v) is 16.5. The van der Waals surface area contributed by atoms with Crippen LogP contribution in [0, 0.1) is 23.2 Å². The van der Waals surface area contributed by atoms with Crippen LogP contribution in [0.25, 0.3) is 0 Å². The lowest BCUT2D eigenvalue weighted by atomic mass is 9.83. The van der Waals surface area contributed by atoms with Crippen LogP contribution in [-0.2, 0) is 28.7 Å². The zero-order valence-corrected chi connectivity index (χ0v) is 27.5. The predicted molar refractivity (Wildman–Crippen MR) is 167 cm³/mol. The van der Waals surface area contributed by atoms with Crippen molar-refractivity contribution in [3.63, 3.8) is 0 Å². The lowest BCUT2D eigenvalue weighted by Gasteiger charge is -2.37. The summed E-state index contributed by atoms with van der Waals surface area (Å²) in [5.41, 5.74) is -0.921. The van der Waals surface area contributed by atoms with E-state index in [1.807, 2.05) is 0 Å². The SMILES string of the molecule is C=CCC[C@H](NC(=O)[C@@H]1C2C(CN1C(=O)[C@@H](NC(=O)OC(C)(C)C)C1CCCCC1)C2(C)C)C(=O)C(=O)NCCC(=O)N1CC1. The third kappa shape index (κ3) is 8.43. The van der Waals surface area contributed by atoms with Gasteiger partial charge in [-0.15, -0.1) is 6.58 Å². The van der Waals surface area contributed by atoms with E-state index >= 15 is 0 Å². The molecule has 4 rings (SSSR count). The summed E-state index contributed by atoms with van der Waals surface area (Å²) in [5, 5.41) is 8.14. The first-order chi connectivity index (χ1) is 21.2. The molecule has 0 aromatic carbocycles. The summed E-state index contributed by atoms with van der Waals surface area (Å²) >= 11 is 0. The highest BCUT2D eigenvalue weighted by Gasteiger charge is 2.69. The molecule has 5 amide bonds. The molecule has 2 heterocycles. The van der Waals surface area contributed by atoms with Gasteiger partial charge in [0.2, 0.25) is 23.5 Å². The second-order valence-corrected chi connectivity index (χ2v) is 14.6. The molecule has 0 radical (unpaired) electrons. The Kier molecular flexibility index (Phi) is 10.6. The van der Waals surface area contributed by atoms with E-state index in [4.69, 9.17) is 4.74 Å². The van der Waals surface area contributed by atoms with Gasteiger partial charge in [-0.3, -0.25) is 24.0 Å². The zero-order valence-electron chi connectivity index (χ0n) is 27.5. The Morgan fingerprint density at radius 1 is 1.02 bits per heavy atom. The molecule has 0 bridgehead atoms. The first kappa shape index (κ1) is 34.4. The molecule has 45 heavy (non-hydrogen) atoms. The predicted octanol–water partition coefficient (Wildman–Crippen LogP) is 2.31. The molecule has 12 nitrogen and oxygen atoms in total. The summed E-state index contributed by atoms with van der Waals surface area (Å²) in [6.45, 7) is 14.9. The number of ether oxygens (including phenoxy) is 1. The van der Waals surface area contributed by atoms with Crippen molar-refractivity contribution in [2.45, 2.75) is 110 Å². The van der Waals surface area contributed by atoms with Crippen molar-refractivity contribution in [3.05, 3.63) is 12.7 Å². The van der Waals surface area contributed by atoms with Crippen LogP contribution in [0.5, 0.6) is 0 Å². The van der Waals surface area contributed by atoms with Crippen molar-refractivity contribution in [1.82, 2.24) is 25.8 Å². The molecular weight excluding hydrogens is 578 g/mol. The maximum atomic E-state index is 14.3. The Morgan fingerprint density at radius 3 is 2.29 bits per heavy atom. The molecule has 2 unspecified atom stereocenters. The summed E-state index contributed by atoms with van der Waals surface area (Å²) in [5.74, 6) is -2.68. The third-order valence-corrected chi connectivity index (χ3v) is 9.76. The Bertz CT molecular complexity index is 1180. The Hall–Kier alpha value is -3.44. The van der Waals surface area contributed by atoms with Gasteiger partial charge in [0.25, 0.3) is 5.91 Å². The molecule has 250 valence electrons. The lowest BCUT2D eigenvalue weighted by Crippen LogP contribution is -2.59. The van der Waals surface area contributed by atoms with Crippen LogP contribution in [0.15, 0.2) is 12.7 Å². The minimum absolute atomic E-state index is 0.0259. The van der Waals surface area contributed by atoms with Crippen LogP contribution in [0.1, 0.15) is 86.0 Å². The van der Waals surface area contributed by atoms with Crippen molar-refractivity contribution in [1.29, 1.82) is 0 Å². The van der Waals surface area contributed by atoms with E-state index < -0.39 is 47.4 Å². The van der Waals surface area contributed by atoms with Crippen LogP contribution in [0.3, 0.4) is 0 Å². The Morgan fingerprint density at radius 2 is 1.69 bits per heavy atom. The van der Waals surface area contributed by atoms with E-state index in [1.54, 1.807) is 36.6 Å². The number of hydrogen-bond acceptors (Lipinski definition) is 7. The van der Waals surface area contributed by atoms with E-state index in [0.29, 0.717) is 26.1 Å². The number of nitrogens with one attached hydrogen (secondary N) is 3. The topological polar surface area (TPSA) is 154 Å². The number of fused-ring (bicyclic) bond motifs is 1. The molecule has 2 aliphatic carbocycles. The molecule has 0 spiro atoms. The number of allylic oxidation sites excluding steroid dienone is 1. The summed E-state index contributed by atoms with van der Waals surface area (Å²) in [7, 11) is 0. The van der Waals surface area contributed by atoms with E-state index in [0.717, 1.165) is 32.1 Å². The molecule has 2 aliphatic heterocycles. The maximum absolute atomic E-state index is 14.3. The summed E-state index contributed by atoms with van der Waals surface area (Å²) in [6.07, 6.45) is 6.12. The summed E-state index contributed by atoms with van der Waals surface area (Å²) < 4.78 is 5.50. The lowest BCUT2D eigenvalue weighted by molar-refractivity contribution is -0.145. The van der Waals surface area contributed by atoms with Gasteiger partial charge >= 0.3 is 6.09 Å². The van der Waals surface area contributed by atoms with Gasteiger partial charge in [0.05, 0.1) is 6.04 Å². The van der Waals surface area contributed by atoms with Crippen LogP contribution in [0.2, 0.25) is 0 Å². The van der Waals surface area contributed by atoms with E-state index in [-0.39, 0.29) is 54.4 Å². The maximum Gasteiger partial charge on any atom is 0.408 e. The smallest absolute Gasteiger partial charge is 0.408 e. The average molecular weight is 630 g/mol. The average Bonchev–Trinajstić information content (AvgIpc) is 3.86. The molecule has 3 N–H and O–H groups in total. The minimum Gasteiger partial charge on any atom is -0.444 e. The number of alkyl carbamates (subject to hydrolysis) is 1. The quantitative estimate of drug-likeness (QED) is 0.161. The Labute approximate surface area is 266 Å². The fourth-order valence-electron chi connectivity index (χ4n) is 7.07. The number of likely N-dealkylation sites (tertiary alicyclic amines) is 1. The van der Waals surface area contributed by atoms with Gasteiger partial charge in [-0.25, -0.2) is 4.79 Å². The number of carbonyl (C=O) groups is 6. The fourth-order valence-corrected chi connectivity index (χ4v) is 7.07. The van der Waals surface area contributed by atoms with Crippen LogP contribution in [-0.4, -0.2) is 95.2 Å². The summed E-state index contributed by atoms with van der Waals surface area (Å²) in [4.78, 5) is 82.2. The number of carbonyl (C=O) groups excluding carboxylic acids is 6. The second kappa shape index (κ2) is 13.9. The van der Waals surface area contributed by atoms with Gasteiger partial charge in [-0.2, -0.15) is 0 Å². The number of Topliss-reactive ketones (excluding diaryl/α,β-unsaturated/α-hetero) is 1.